The molecule has 0 bridgehead atoms. The predicted octanol–water partition coefficient (Wildman–Crippen LogP) is 5.71. The molecule has 176 valence electrons. The third kappa shape index (κ3) is 5.03. The number of ether oxygens (including phenoxy) is 3. The van der Waals surface area contributed by atoms with Gasteiger partial charge in [0.15, 0.2) is 11.5 Å². The van der Waals surface area contributed by atoms with E-state index in [2.05, 4.69) is 25.6 Å². The molecule has 4 rings (SSSR count). The summed E-state index contributed by atoms with van der Waals surface area (Å²) in [6.07, 6.45) is 3.27. The lowest BCUT2D eigenvalue weighted by atomic mass is 9.96. The Hall–Kier alpha value is -4.27. The Morgan fingerprint density at radius 1 is 0.912 bits per heavy atom. The number of nitrogens with zero attached hydrogens (tertiary/aromatic N) is 2. The van der Waals surface area contributed by atoms with Crippen molar-refractivity contribution in [3.05, 3.63) is 60.7 Å². The van der Waals surface area contributed by atoms with E-state index in [4.69, 9.17) is 14.2 Å². The van der Waals surface area contributed by atoms with E-state index in [-0.39, 0.29) is 11.4 Å². The lowest BCUT2D eigenvalue weighted by Crippen LogP contribution is -2.20. The highest BCUT2D eigenvalue weighted by molar-refractivity contribution is 5.99. The third-order valence-electron chi connectivity index (χ3n) is 5.08. The molecule has 0 radical (unpaired) electrons. The van der Waals surface area contributed by atoms with Crippen molar-refractivity contribution < 1.29 is 19.0 Å². The van der Waals surface area contributed by atoms with Gasteiger partial charge in [-0.25, -0.2) is 9.78 Å². The van der Waals surface area contributed by atoms with Gasteiger partial charge in [-0.1, -0.05) is 20.8 Å². The average Bonchev–Trinajstić information content (AvgIpc) is 3.28. The first-order valence-electron chi connectivity index (χ1n) is 10.7. The number of carbonyl (C=O) groups is 1. The first kappa shape index (κ1) is 22.9. The van der Waals surface area contributed by atoms with Crippen LogP contribution in [0.4, 0.5) is 16.3 Å². The van der Waals surface area contributed by atoms with Gasteiger partial charge in [0.25, 0.3) is 0 Å². The minimum Gasteiger partial charge on any atom is -0.493 e. The van der Waals surface area contributed by atoms with Crippen LogP contribution in [0.3, 0.4) is 0 Å². The summed E-state index contributed by atoms with van der Waals surface area (Å²) in [5.41, 5.74) is 1.20. The molecule has 0 unspecified atom stereocenters. The van der Waals surface area contributed by atoms with E-state index < -0.39 is 0 Å². The number of urea groups is 1. The number of aromatic nitrogens is 3. The molecule has 0 aliphatic heterocycles. The van der Waals surface area contributed by atoms with Crippen molar-refractivity contribution in [3.8, 4) is 23.0 Å². The summed E-state index contributed by atoms with van der Waals surface area (Å²) >= 11 is 0. The van der Waals surface area contributed by atoms with E-state index >= 15 is 0 Å². The molecule has 3 N–H and O–H groups in total. The van der Waals surface area contributed by atoms with Crippen LogP contribution < -0.4 is 24.8 Å². The van der Waals surface area contributed by atoms with Crippen molar-refractivity contribution in [2.45, 2.75) is 26.2 Å². The van der Waals surface area contributed by atoms with Crippen molar-refractivity contribution >= 4 is 28.4 Å². The number of imidazole rings is 1. The number of hydrogen-bond acceptors (Lipinski definition) is 6. The maximum atomic E-state index is 12.3. The number of carbonyl (C=O) groups excluding carboxylic acids is 1. The normalized spacial score (nSPS) is 11.2. The fraction of sp³-hybridized carbons (Fsp3) is 0.240. The molecule has 2 heterocycles. The molecular weight excluding hydrogens is 434 g/mol. The fourth-order valence-corrected chi connectivity index (χ4v) is 3.32. The fourth-order valence-electron chi connectivity index (χ4n) is 3.32. The molecule has 0 atom stereocenters. The van der Waals surface area contributed by atoms with Gasteiger partial charge in [0.2, 0.25) is 0 Å². The van der Waals surface area contributed by atoms with Gasteiger partial charge in [-0.3, -0.25) is 10.3 Å². The van der Waals surface area contributed by atoms with E-state index in [1.54, 1.807) is 63.0 Å². The number of amides is 2. The second kappa shape index (κ2) is 9.30. The second-order valence-corrected chi connectivity index (χ2v) is 8.63. The van der Waals surface area contributed by atoms with Gasteiger partial charge in [-0.2, -0.15) is 0 Å². The van der Waals surface area contributed by atoms with Crippen LogP contribution in [0.5, 0.6) is 23.0 Å². The molecule has 0 saturated heterocycles. The Morgan fingerprint density at radius 3 is 2.26 bits per heavy atom. The van der Waals surface area contributed by atoms with E-state index in [0.717, 1.165) is 16.7 Å². The summed E-state index contributed by atoms with van der Waals surface area (Å²) in [5.74, 6) is 3.74. The number of hydrogen-bond donors (Lipinski definition) is 3. The van der Waals surface area contributed by atoms with Crippen LogP contribution in [0.15, 0.2) is 54.9 Å². The number of H-pyrrole nitrogens is 1. The van der Waals surface area contributed by atoms with Crippen LogP contribution in [0, 0.1) is 0 Å². The predicted molar refractivity (Wildman–Crippen MR) is 131 cm³/mol. The van der Waals surface area contributed by atoms with E-state index in [0.29, 0.717) is 34.5 Å². The van der Waals surface area contributed by atoms with Crippen LogP contribution >= 0.6 is 0 Å². The molecule has 4 aromatic rings. The molecular formula is C25H27N5O4. The molecule has 0 saturated carbocycles. The Morgan fingerprint density at radius 2 is 1.62 bits per heavy atom. The zero-order valence-electron chi connectivity index (χ0n) is 19.7. The first-order chi connectivity index (χ1) is 16.3. The molecule has 9 heteroatoms. The second-order valence-electron chi connectivity index (χ2n) is 8.63. The average molecular weight is 462 g/mol. The topological polar surface area (TPSA) is 110 Å². The van der Waals surface area contributed by atoms with Crippen LogP contribution in [0.25, 0.3) is 10.9 Å². The molecule has 0 aliphatic carbocycles. The van der Waals surface area contributed by atoms with Crippen molar-refractivity contribution in [1.82, 2.24) is 15.0 Å². The van der Waals surface area contributed by atoms with Crippen LogP contribution in [0.2, 0.25) is 0 Å². The zero-order chi connectivity index (χ0) is 24.3. The zero-order valence-corrected chi connectivity index (χ0v) is 19.7. The first-order valence-corrected chi connectivity index (χ1v) is 10.7. The monoisotopic (exact) mass is 461 g/mol. The highest BCUT2D eigenvalue weighted by atomic mass is 16.5. The minimum atomic E-state index is -0.376. The van der Waals surface area contributed by atoms with Gasteiger partial charge in [0.1, 0.15) is 23.1 Å². The third-order valence-corrected chi connectivity index (χ3v) is 5.08. The van der Waals surface area contributed by atoms with Gasteiger partial charge >= 0.3 is 6.03 Å². The van der Waals surface area contributed by atoms with Crippen molar-refractivity contribution in [2.24, 2.45) is 0 Å². The summed E-state index contributed by atoms with van der Waals surface area (Å²) in [6.45, 7) is 6.13. The quantitative estimate of drug-likeness (QED) is 0.339. The Kier molecular flexibility index (Phi) is 6.27. The maximum Gasteiger partial charge on any atom is 0.324 e. The summed E-state index contributed by atoms with van der Waals surface area (Å²) < 4.78 is 16.8. The van der Waals surface area contributed by atoms with Crippen LogP contribution in [0.1, 0.15) is 26.6 Å². The number of pyridine rings is 1. The van der Waals surface area contributed by atoms with Gasteiger partial charge in [0.05, 0.1) is 25.9 Å². The van der Waals surface area contributed by atoms with Crippen LogP contribution in [-0.2, 0) is 5.41 Å². The van der Waals surface area contributed by atoms with Crippen molar-refractivity contribution in [2.75, 3.05) is 24.9 Å². The van der Waals surface area contributed by atoms with Gasteiger partial charge in [0, 0.05) is 28.8 Å². The maximum absolute atomic E-state index is 12.3. The molecule has 0 spiro atoms. The van der Waals surface area contributed by atoms with Crippen molar-refractivity contribution in [3.63, 3.8) is 0 Å². The highest BCUT2D eigenvalue weighted by Gasteiger charge is 2.18. The highest BCUT2D eigenvalue weighted by Crippen LogP contribution is 2.37. The number of rotatable bonds is 6. The van der Waals surface area contributed by atoms with E-state index in [9.17, 15) is 4.79 Å². The Bertz CT molecular complexity index is 1310. The lowest BCUT2D eigenvalue weighted by Gasteiger charge is -2.14. The van der Waals surface area contributed by atoms with Gasteiger partial charge < -0.3 is 24.5 Å². The number of anilines is 2. The number of aromatic amines is 1. The largest absolute Gasteiger partial charge is 0.493 e. The molecule has 0 aliphatic rings. The number of methoxy groups -OCH3 is 2. The molecule has 2 aromatic heterocycles. The SMILES string of the molecule is COc1cc2nccc(Oc3ccc(NC(=O)Nc4cnc(C(C)(C)C)[nH]4)cc3)c2cc1OC. The molecule has 2 aromatic carbocycles. The van der Waals surface area contributed by atoms with Gasteiger partial charge in [-0.15, -0.1) is 0 Å². The molecule has 9 nitrogen and oxygen atoms in total. The summed E-state index contributed by atoms with van der Waals surface area (Å²) in [7, 11) is 3.16. The Balaban J connectivity index is 1.44. The molecule has 2 amide bonds. The van der Waals surface area contributed by atoms with Crippen molar-refractivity contribution in [1.29, 1.82) is 0 Å². The van der Waals surface area contributed by atoms with Gasteiger partial charge in [-0.05, 0) is 36.4 Å². The molecule has 0 fully saturated rings. The molecule has 34 heavy (non-hydrogen) atoms. The Labute approximate surface area is 197 Å². The smallest absolute Gasteiger partial charge is 0.324 e. The number of benzene rings is 2. The van der Waals surface area contributed by atoms with E-state index in [1.807, 2.05) is 26.8 Å². The summed E-state index contributed by atoms with van der Waals surface area (Å²) in [4.78, 5) is 24.2. The lowest BCUT2D eigenvalue weighted by molar-refractivity contribution is 0.262. The minimum absolute atomic E-state index is 0.135. The summed E-state index contributed by atoms with van der Waals surface area (Å²) in [5, 5.41) is 6.33. The van der Waals surface area contributed by atoms with Crippen LogP contribution in [-0.4, -0.2) is 35.2 Å². The van der Waals surface area contributed by atoms with E-state index in [1.165, 1.54) is 0 Å². The summed E-state index contributed by atoms with van der Waals surface area (Å²) in [6, 6.07) is 12.1. The number of fused-ring (bicyclic) bond motifs is 1. The standard InChI is InChI=1S/C25H27N5O4/c1-25(2,3)23-27-14-22(29-23)30-24(31)28-15-6-8-16(9-7-15)34-19-10-11-26-18-13-21(33-5)20(32-4)12-17(18)19/h6-14H,1-5H3,(H,27,29)(H2,28,30,31). The number of nitrogens with one attached hydrogen (secondary N) is 3.